The molecule has 0 saturated carbocycles. The summed E-state index contributed by atoms with van der Waals surface area (Å²) in [4.78, 5) is 12.0. The Morgan fingerprint density at radius 2 is 1.52 bits per heavy atom. The van der Waals surface area contributed by atoms with Crippen LogP contribution in [-0.2, 0) is 4.74 Å². The first-order chi connectivity index (χ1) is 13.9. The third-order valence-corrected chi connectivity index (χ3v) is 4.87. The average molecular weight is 404 g/mol. The van der Waals surface area contributed by atoms with Crippen molar-refractivity contribution in [3.63, 3.8) is 0 Å². The van der Waals surface area contributed by atoms with Gasteiger partial charge in [0.1, 0.15) is 36.3 Å². The molecule has 2 heterocycles. The van der Waals surface area contributed by atoms with Crippen molar-refractivity contribution in [3.8, 4) is 5.75 Å². The van der Waals surface area contributed by atoms with Gasteiger partial charge in [0, 0.05) is 0 Å². The third kappa shape index (κ3) is 4.81. The number of carbonyl (C=O) groups is 1. The predicted molar refractivity (Wildman–Crippen MR) is 101 cm³/mol. The number of carbonyl (C=O) groups excluding carboxylic acids is 1. The zero-order valence-electron chi connectivity index (χ0n) is 15.5. The minimum Gasteiger partial charge on any atom is -0.484 e. The lowest BCUT2D eigenvalue weighted by Crippen LogP contribution is -2.58. The Hall–Kier alpha value is -2.33. The van der Waals surface area contributed by atoms with Gasteiger partial charge in [-0.15, -0.1) is 0 Å². The topological polar surface area (TPSA) is 137 Å². The molecule has 156 valence electrons. The molecule has 2 aromatic carbocycles. The van der Waals surface area contributed by atoms with Gasteiger partial charge in [0.2, 0.25) is 0 Å². The average Bonchev–Trinajstić information content (AvgIpc) is 2.76. The number of para-hydroxylation sites is 1. The van der Waals surface area contributed by atoms with Gasteiger partial charge in [-0.2, -0.15) is 0 Å². The van der Waals surface area contributed by atoms with E-state index in [1.165, 1.54) is 0 Å². The summed E-state index contributed by atoms with van der Waals surface area (Å²) in [6.07, 6.45) is -6.78. The van der Waals surface area contributed by atoms with Crippen molar-refractivity contribution in [1.29, 1.82) is 0 Å². The standard InChI is InChI=1S/C15H12O2.C6H12O6/c16-13-10-15(11-6-2-1-3-7-11)17-14-9-5-4-8-12(13)14;7-1-2-3(8)4(9)5(10)6(11)12-2/h1-9,15H,10H2;2-11H,1H2/t;2-,3-,4+,5-,6?/m.1/s1. The van der Waals surface area contributed by atoms with Gasteiger partial charge in [0.25, 0.3) is 0 Å². The second-order valence-corrected chi connectivity index (χ2v) is 6.86. The molecular weight excluding hydrogens is 380 g/mol. The number of Topliss-reactive ketones (excluding diaryl/α,β-unsaturated/α-hetero) is 1. The molecule has 2 aliphatic heterocycles. The summed E-state index contributed by atoms with van der Waals surface area (Å²) < 4.78 is 10.4. The Morgan fingerprint density at radius 3 is 2.21 bits per heavy atom. The number of ether oxygens (including phenoxy) is 2. The largest absolute Gasteiger partial charge is 0.484 e. The summed E-state index contributed by atoms with van der Waals surface area (Å²) in [6, 6.07) is 17.3. The Bertz CT molecular complexity index is 807. The van der Waals surface area contributed by atoms with Crippen LogP contribution in [0.2, 0.25) is 0 Å². The van der Waals surface area contributed by atoms with Crippen LogP contribution in [-0.4, -0.2) is 68.6 Å². The van der Waals surface area contributed by atoms with E-state index in [-0.39, 0.29) is 11.9 Å². The van der Waals surface area contributed by atoms with Crippen molar-refractivity contribution in [3.05, 3.63) is 65.7 Å². The highest BCUT2D eigenvalue weighted by molar-refractivity contribution is 5.99. The highest BCUT2D eigenvalue weighted by Gasteiger charge is 2.42. The number of ketones is 1. The van der Waals surface area contributed by atoms with E-state index in [0.29, 0.717) is 17.7 Å². The summed E-state index contributed by atoms with van der Waals surface area (Å²) in [5, 5.41) is 44.7. The fourth-order valence-corrected chi connectivity index (χ4v) is 3.21. The van der Waals surface area contributed by atoms with Crippen LogP contribution in [0.3, 0.4) is 0 Å². The van der Waals surface area contributed by atoms with E-state index >= 15 is 0 Å². The molecule has 2 aliphatic rings. The fraction of sp³-hybridized carbons (Fsp3) is 0.381. The van der Waals surface area contributed by atoms with Crippen LogP contribution in [0.25, 0.3) is 0 Å². The van der Waals surface area contributed by atoms with Gasteiger partial charge in [-0.3, -0.25) is 4.79 Å². The molecule has 2 aromatic rings. The van der Waals surface area contributed by atoms with Crippen molar-refractivity contribution in [1.82, 2.24) is 0 Å². The smallest absolute Gasteiger partial charge is 0.184 e. The van der Waals surface area contributed by atoms with E-state index in [9.17, 15) is 4.79 Å². The molecule has 1 fully saturated rings. The van der Waals surface area contributed by atoms with Crippen LogP contribution in [0, 0.1) is 0 Å². The lowest BCUT2D eigenvalue weighted by Gasteiger charge is -2.37. The number of aliphatic hydroxyl groups excluding tert-OH is 5. The molecule has 8 heteroatoms. The van der Waals surface area contributed by atoms with Gasteiger partial charge in [-0.05, 0) is 17.7 Å². The summed E-state index contributed by atoms with van der Waals surface area (Å²) >= 11 is 0. The molecule has 4 rings (SSSR count). The first-order valence-electron chi connectivity index (χ1n) is 9.24. The van der Waals surface area contributed by atoms with E-state index in [1.54, 1.807) is 0 Å². The van der Waals surface area contributed by atoms with E-state index in [1.807, 2.05) is 54.6 Å². The number of rotatable bonds is 2. The van der Waals surface area contributed by atoms with Crippen molar-refractivity contribution in [2.75, 3.05) is 6.61 Å². The highest BCUT2D eigenvalue weighted by atomic mass is 16.6. The Balaban J connectivity index is 0.000000177. The molecule has 2 unspecified atom stereocenters. The zero-order valence-corrected chi connectivity index (χ0v) is 15.5. The van der Waals surface area contributed by atoms with Crippen molar-refractivity contribution in [2.45, 2.75) is 43.2 Å². The number of benzene rings is 2. The molecule has 0 radical (unpaired) electrons. The Morgan fingerprint density at radius 1 is 0.862 bits per heavy atom. The van der Waals surface area contributed by atoms with Gasteiger partial charge in [-0.25, -0.2) is 0 Å². The fourth-order valence-electron chi connectivity index (χ4n) is 3.21. The summed E-state index contributed by atoms with van der Waals surface area (Å²) in [5.41, 5.74) is 1.75. The minimum atomic E-state index is -1.57. The Kier molecular flexibility index (Phi) is 6.96. The molecule has 0 amide bonds. The SMILES string of the molecule is O=C1CC(c2ccccc2)Oc2ccccc21.OC[C@H]1OC(O)[C@H](O)[C@@H](O)[C@@H]1O. The van der Waals surface area contributed by atoms with Crippen LogP contribution >= 0.6 is 0 Å². The number of hydrogen-bond donors (Lipinski definition) is 5. The predicted octanol–water partition coefficient (Wildman–Crippen LogP) is 0.172. The lowest BCUT2D eigenvalue weighted by atomic mass is 9.96. The molecule has 6 atom stereocenters. The highest BCUT2D eigenvalue weighted by Crippen LogP contribution is 2.34. The van der Waals surface area contributed by atoms with Crippen LogP contribution in [0.4, 0.5) is 0 Å². The van der Waals surface area contributed by atoms with Crippen LogP contribution < -0.4 is 4.74 Å². The van der Waals surface area contributed by atoms with E-state index in [0.717, 1.165) is 5.56 Å². The van der Waals surface area contributed by atoms with E-state index < -0.39 is 37.3 Å². The molecule has 1 saturated heterocycles. The molecule has 0 spiro atoms. The van der Waals surface area contributed by atoms with E-state index in [2.05, 4.69) is 4.74 Å². The quantitative estimate of drug-likeness (QED) is 0.478. The first kappa shape index (κ1) is 21.4. The zero-order chi connectivity index (χ0) is 21.0. The minimum absolute atomic E-state index is 0.153. The van der Waals surface area contributed by atoms with Crippen LogP contribution in [0.5, 0.6) is 5.75 Å². The molecule has 5 N–H and O–H groups in total. The molecular formula is C21H24O8. The maximum atomic E-state index is 12.0. The van der Waals surface area contributed by atoms with Crippen molar-refractivity contribution in [2.24, 2.45) is 0 Å². The molecule has 0 bridgehead atoms. The van der Waals surface area contributed by atoms with E-state index in [4.69, 9.17) is 30.3 Å². The number of fused-ring (bicyclic) bond motifs is 1. The maximum absolute atomic E-state index is 12.0. The van der Waals surface area contributed by atoms with Crippen LogP contribution in [0.15, 0.2) is 54.6 Å². The first-order valence-corrected chi connectivity index (χ1v) is 9.24. The monoisotopic (exact) mass is 404 g/mol. The lowest BCUT2D eigenvalue weighted by molar-refractivity contribution is -0.286. The van der Waals surface area contributed by atoms with Crippen LogP contribution in [0.1, 0.15) is 28.4 Å². The van der Waals surface area contributed by atoms with Gasteiger partial charge in [0.15, 0.2) is 12.1 Å². The second kappa shape index (κ2) is 9.45. The van der Waals surface area contributed by atoms with Gasteiger partial charge < -0.3 is 35.0 Å². The van der Waals surface area contributed by atoms with Crippen molar-refractivity contribution < 1.29 is 39.8 Å². The molecule has 0 aliphatic carbocycles. The number of hydrogen-bond acceptors (Lipinski definition) is 8. The maximum Gasteiger partial charge on any atom is 0.184 e. The summed E-state index contributed by atoms with van der Waals surface area (Å²) in [7, 11) is 0. The number of aliphatic hydroxyl groups is 5. The summed E-state index contributed by atoms with van der Waals surface area (Å²) in [5.74, 6) is 0.846. The van der Waals surface area contributed by atoms with Gasteiger partial charge >= 0.3 is 0 Å². The molecule has 0 aromatic heterocycles. The third-order valence-electron chi connectivity index (χ3n) is 4.87. The van der Waals surface area contributed by atoms with Gasteiger partial charge in [-0.1, -0.05) is 42.5 Å². The Labute approximate surface area is 167 Å². The molecule has 8 nitrogen and oxygen atoms in total. The van der Waals surface area contributed by atoms with Crippen molar-refractivity contribution >= 4 is 5.78 Å². The second-order valence-electron chi connectivity index (χ2n) is 6.86. The normalized spacial score (nSPS) is 31.1. The summed E-state index contributed by atoms with van der Waals surface area (Å²) in [6.45, 7) is -0.526. The van der Waals surface area contributed by atoms with Gasteiger partial charge in [0.05, 0.1) is 18.6 Å². The molecule has 29 heavy (non-hydrogen) atoms.